The molecule has 2 unspecified atom stereocenters. The van der Waals surface area contributed by atoms with E-state index in [9.17, 15) is 4.39 Å². The second kappa shape index (κ2) is 3.36. The van der Waals surface area contributed by atoms with Gasteiger partial charge in [-0.1, -0.05) is 26.7 Å². The Morgan fingerprint density at radius 3 is 1.80 bits per heavy atom. The monoisotopic (exact) mass is 144 g/mol. The van der Waals surface area contributed by atoms with Gasteiger partial charge in [0.2, 0.25) is 0 Å². The van der Waals surface area contributed by atoms with E-state index < -0.39 is 6.17 Å². The lowest BCUT2D eigenvalue weighted by molar-refractivity contribution is 0.172. The molecule has 1 aliphatic rings. The van der Waals surface area contributed by atoms with E-state index in [0.717, 1.165) is 12.8 Å². The highest BCUT2D eigenvalue weighted by molar-refractivity contribution is 4.74. The van der Waals surface area contributed by atoms with E-state index in [0.29, 0.717) is 11.8 Å². The van der Waals surface area contributed by atoms with Gasteiger partial charge in [-0.2, -0.15) is 0 Å². The molecule has 0 amide bonds. The lowest BCUT2D eigenvalue weighted by atomic mass is 9.94. The lowest BCUT2D eigenvalue weighted by Crippen LogP contribution is -2.18. The molecule has 1 aliphatic carbocycles. The predicted octanol–water partition coefficient (Wildman–Crippen LogP) is 3.17. The summed E-state index contributed by atoms with van der Waals surface area (Å²) in [7, 11) is 0. The summed E-state index contributed by atoms with van der Waals surface area (Å²) in [6, 6.07) is 0. The van der Waals surface area contributed by atoms with Crippen LogP contribution in [0.25, 0.3) is 0 Å². The first-order valence-corrected chi connectivity index (χ1v) is 4.36. The molecule has 1 rings (SSSR count). The number of hydrogen-bond donors (Lipinski definition) is 0. The summed E-state index contributed by atoms with van der Waals surface area (Å²) in [6.07, 6.45) is 4.09. The van der Waals surface area contributed by atoms with Gasteiger partial charge in [0, 0.05) is 0 Å². The van der Waals surface area contributed by atoms with Crippen LogP contribution < -0.4 is 0 Å². The Kier molecular flexibility index (Phi) is 2.70. The van der Waals surface area contributed by atoms with Crippen LogP contribution >= 0.6 is 0 Å². The lowest BCUT2D eigenvalue weighted by Gasteiger charge is -2.17. The quantitative estimate of drug-likeness (QED) is 0.458. The molecular weight excluding hydrogens is 127 g/mol. The molecule has 0 radical (unpaired) electrons. The summed E-state index contributed by atoms with van der Waals surface area (Å²) in [4.78, 5) is 0. The van der Waals surface area contributed by atoms with Crippen molar-refractivity contribution in [2.24, 2.45) is 11.8 Å². The zero-order chi connectivity index (χ0) is 7.56. The van der Waals surface area contributed by atoms with Gasteiger partial charge >= 0.3 is 0 Å². The van der Waals surface area contributed by atoms with E-state index in [2.05, 4.69) is 0 Å². The van der Waals surface area contributed by atoms with Crippen LogP contribution in [0.1, 0.15) is 39.5 Å². The van der Waals surface area contributed by atoms with Gasteiger partial charge in [-0.15, -0.1) is 0 Å². The average molecular weight is 144 g/mol. The molecule has 1 heteroatoms. The molecule has 1 saturated carbocycles. The molecular formula is C9H17F. The number of rotatable bonds is 0. The van der Waals surface area contributed by atoms with Crippen molar-refractivity contribution in [3.63, 3.8) is 0 Å². The Balaban J connectivity index is 2.46. The molecule has 10 heavy (non-hydrogen) atoms. The first kappa shape index (κ1) is 8.03. The highest BCUT2D eigenvalue weighted by atomic mass is 19.1. The Morgan fingerprint density at radius 2 is 1.40 bits per heavy atom. The summed E-state index contributed by atoms with van der Waals surface area (Å²) in [5.74, 6) is 0.606. The zero-order valence-corrected chi connectivity index (χ0v) is 6.94. The van der Waals surface area contributed by atoms with Gasteiger partial charge in [-0.3, -0.25) is 0 Å². The molecule has 0 N–H and O–H groups in total. The Labute approximate surface area is 62.8 Å². The molecule has 0 aromatic rings. The number of halogens is 1. The van der Waals surface area contributed by atoms with Gasteiger partial charge in [0.1, 0.15) is 6.17 Å². The third-order valence-electron chi connectivity index (χ3n) is 2.66. The fourth-order valence-corrected chi connectivity index (χ4v) is 1.81. The first-order valence-electron chi connectivity index (χ1n) is 4.36. The zero-order valence-electron chi connectivity index (χ0n) is 6.94. The van der Waals surface area contributed by atoms with Crippen molar-refractivity contribution in [1.82, 2.24) is 0 Å². The van der Waals surface area contributed by atoms with E-state index in [1.165, 1.54) is 12.8 Å². The second-order valence-corrected chi connectivity index (χ2v) is 3.68. The maximum absolute atomic E-state index is 13.2. The standard InChI is InChI=1S/C9H17F/c1-7-5-3-4-6-8(2)9(7)10/h7-9H,3-6H2,1-2H3. The van der Waals surface area contributed by atoms with E-state index in [-0.39, 0.29) is 0 Å². The van der Waals surface area contributed by atoms with Crippen LogP contribution in [0, 0.1) is 11.8 Å². The van der Waals surface area contributed by atoms with Crippen molar-refractivity contribution in [3.8, 4) is 0 Å². The minimum atomic E-state index is -0.539. The highest BCUT2D eigenvalue weighted by Gasteiger charge is 2.24. The van der Waals surface area contributed by atoms with Gasteiger partial charge in [-0.25, -0.2) is 4.39 Å². The Morgan fingerprint density at radius 1 is 1.00 bits per heavy atom. The molecule has 0 spiro atoms. The Bertz CT molecular complexity index is 88.9. The highest BCUT2D eigenvalue weighted by Crippen LogP contribution is 2.29. The molecule has 0 aromatic heterocycles. The number of hydrogen-bond acceptors (Lipinski definition) is 0. The van der Waals surface area contributed by atoms with Gasteiger partial charge in [-0.05, 0) is 24.7 Å². The van der Waals surface area contributed by atoms with Crippen LogP contribution in [0.3, 0.4) is 0 Å². The van der Waals surface area contributed by atoms with E-state index in [1.807, 2.05) is 13.8 Å². The summed E-state index contributed by atoms with van der Waals surface area (Å²) >= 11 is 0. The fraction of sp³-hybridized carbons (Fsp3) is 1.00. The van der Waals surface area contributed by atoms with Crippen LogP contribution in [0.2, 0.25) is 0 Å². The summed E-state index contributed by atoms with van der Waals surface area (Å²) < 4.78 is 13.2. The van der Waals surface area contributed by atoms with Gasteiger partial charge < -0.3 is 0 Å². The van der Waals surface area contributed by atoms with E-state index in [1.54, 1.807) is 0 Å². The maximum atomic E-state index is 13.2. The normalized spacial score (nSPS) is 42.9. The maximum Gasteiger partial charge on any atom is 0.105 e. The van der Waals surface area contributed by atoms with Crippen LogP contribution in [0.5, 0.6) is 0 Å². The van der Waals surface area contributed by atoms with Crippen molar-refractivity contribution in [3.05, 3.63) is 0 Å². The van der Waals surface area contributed by atoms with Crippen molar-refractivity contribution in [1.29, 1.82) is 0 Å². The average Bonchev–Trinajstić information content (AvgIpc) is 2.04. The topological polar surface area (TPSA) is 0 Å². The largest absolute Gasteiger partial charge is 0.247 e. The molecule has 0 heterocycles. The van der Waals surface area contributed by atoms with Crippen LogP contribution in [-0.4, -0.2) is 6.17 Å². The van der Waals surface area contributed by atoms with Gasteiger partial charge in [0.15, 0.2) is 0 Å². The van der Waals surface area contributed by atoms with Crippen molar-refractivity contribution < 1.29 is 4.39 Å². The van der Waals surface area contributed by atoms with Gasteiger partial charge in [0.25, 0.3) is 0 Å². The number of alkyl halides is 1. The van der Waals surface area contributed by atoms with Crippen LogP contribution in [0.15, 0.2) is 0 Å². The van der Waals surface area contributed by atoms with E-state index >= 15 is 0 Å². The molecule has 2 atom stereocenters. The third kappa shape index (κ3) is 1.71. The predicted molar refractivity (Wildman–Crippen MR) is 41.7 cm³/mol. The van der Waals surface area contributed by atoms with Crippen LogP contribution in [0.4, 0.5) is 4.39 Å². The SMILES string of the molecule is CC1CCCCC(C)C1F. The molecule has 0 nitrogen and oxygen atoms in total. The van der Waals surface area contributed by atoms with Crippen molar-refractivity contribution in [2.75, 3.05) is 0 Å². The van der Waals surface area contributed by atoms with Crippen LogP contribution in [-0.2, 0) is 0 Å². The van der Waals surface area contributed by atoms with E-state index in [4.69, 9.17) is 0 Å². The smallest absolute Gasteiger partial charge is 0.105 e. The minimum Gasteiger partial charge on any atom is -0.247 e. The third-order valence-corrected chi connectivity index (χ3v) is 2.66. The molecule has 0 saturated heterocycles. The molecule has 0 aliphatic heterocycles. The molecule has 60 valence electrons. The van der Waals surface area contributed by atoms with Crippen molar-refractivity contribution >= 4 is 0 Å². The molecule has 0 bridgehead atoms. The second-order valence-electron chi connectivity index (χ2n) is 3.68. The molecule has 1 fully saturated rings. The van der Waals surface area contributed by atoms with Crippen molar-refractivity contribution in [2.45, 2.75) is 45.7 Å². The summed E-state index contributed by atoms with van der Waals surface area (Å²) in [5, 5.41) is 0. The van der Waals surface area contributed by atoms with Gasteiger partial charge in [0.05, 0.1) is 0 Å². The molecule has 0 aromatic carbocycles. The fourth-order valence-electron chi connectivity index (χ4n) is 1.81. The summed E-state index contributed by atoms with van der Waals surface area (Å²) in [5.41, 5.74) is 0. The Hall–Kier alpha value is -0.0700. The summed E-state index contributed by atoms with van der Waals surface area (Å²) in [6.45, 7) is 4.07. The minimum absolute atomic E-state index is 0.303. The first-order chi connectivity index (χ1) is 4.72.